The van der Waals surface area contributed by atoms with Crippen molar-refractivity contribution in [3.8, 4) is 0 Å². The summed E-state index contributed by atoms with van der Waals surface area (Å²) in [6.45, 7) is 0. The summed E-state index contributed by atoms with van der Waals surface area (Å²) in [7, 11) is 1.55. The number of ether oxygens (including phenoxy) is 1. The lowest BCUT2D eigenvalue weighted by Crippen LogP contribution is -2.25. The SMILES string of the molecule is CNC(=O)OC1(c2cccc(Cl)c2)CC1. The van der Waals surface area contributed by atoms with Gasteiger partial charge in [-0.1, -0.05) is 23.7 Å². The van der Waals surface area contributed by atoms with Gasteiger partial charge in [0.2, 0.25) is 0 Å². The Balaban J connectivity index is 2.19. The van der Waals surface area contributed by atoms with Crippen molar-refractivity contribution < 1.29 is 9.53 Å². The molecule has 1 aliphatic rings. The average molecular weight is 226 g/mol. The molecule has 1 aliphatic carbocycles. The fourth-order valence-electron chi connectivity index (χ4n) is 1.56. The fourth-order valence-corrected chi connectivity index (χ4v) is 1.75. The average Bonchev–Trinajstić information content (AvgIpc) is 2.99. The maximum absolute atomic E-state index is 11.2. The second kappa shape index (κ2) is 3.74. The van der Waals surface area contributed by atoms with Crippen LogP contribution in [-0.4, -0.2) is 13.1 Å². The lowest BCUT2D eigenvalue weighted by Gasteiger charge is -2.16. The number of nitrogens with one attached hydrogen (secondary N) is 1. The highest BCUT2D eigenvalue weighted by Crippen LogP contribution is 2.49. The molecule has 0 unspecified atom stereocenters. The normalized spacial score (nSPS) is 16.9. The van der Waals surface area contributed by atoms with Gasteiger partial charge in [0, 0.05) is 12.1 Å². The standard InChI is InChI=1S/C11H12ClNO2/c1-13-10(14)15-11(5-6-11)8-3-2-4-9(12)7-8/h2-4,7H,5-6H2,1H3,(H,13,14). The summed E-state index contributed by atoms with van der Waals surface area (Å²) in [6.07, 6.45) is 1.33. The lowest BCUT2D eigenvalue weighted by molar-refractivity contribution is 0.0831. The molecule has 0 aliphatic heterocycles. The molecule has 80 valence electrons. The predicted octanol–water partition coefficient (Wildman–Crippen LogP) is 2.69. The molecule has 0 heterocycles. The third kappa shape index (κ3) is 2.07. The van der Waals surface area contributed by atoms with E-state index in [0.717, 1.165) is 18.4 Å². The Morgan fingerprint density at radius 3 is 2.80 bits per heavy atom. The van der Waals surface area contributed by atoms with Crippen molar-refractivity contribution in [1.82, 2.24) is 5.32 Å². The van der Waals surface area contributed by atoms with E-state index in [1.54, 1.807) is 13.1 Å². The molecule has 0 bridgehead atoms. The van der Waals surface area contributed by atoms with Crippen molar-refractivity contribution in [3.63, 3.8) is 0 Å². The largest absolute Gasteiger partial charge is 0.438 e. The summed E-state index contributed by atoms with van der Waals surface area (Å²) in [5.41, 5.74) is 0.531. The zero-order valence-electron chi connectivity index (χ0n) is 8.42. The third-order valence-electron chi connectivity index (χ3n) is 2.55. The molecule has 0 saturated heterocycles. The topological polar surface area (TPSA) is 38.3 Å². The molecule has 1 N–H and O–H groups in total. The van der Waals surface area contributed by atoms with E-state index in [2.05, 4.69) is 5.32 Å². The molecule has 2 rings (SSSR count). The number of benzene rings is 1. The van der Waals surface area contributed by atoms with Crippen molar-refractivity contribution in [3.05, 3.63) is 34.9 Å². The van der Waals surface area contributed by atoms with Crippen molar-refractivity contribution in [1.29, 1.82) is 0 Å². The van der Waals surface area contributed by atoms with Gasteiger partial charge in [-0.3, -0.25) is 0 Å². The van der Waals surface area contributed by atoms with Gasteiger partial charge in [-0.15, -0.1) is 0 Å². The van der Waals surface area contributed by atoms with Gasteiger partial charge in [0.05, 0.1) is 0 Å². The monoisotopic (exact) mass is 225 g/mol. The van der Waals surface area contributed by atoms with Crippen LogP contribution in [0.3, 0.4) is 0 Å². The Labute approximate surface area is 93.4 Å². The molecule has 1 fully saturated rings. The number of halogens is 1. The summed E-state index contributed by atoms with van der Waals surface area (Å²) in [5, 5.41) is 3.12. The summed E-state index contributed by atoms with van der Waals surface area (Å²) in [4.78, 5) is 11.2. The summed E-state index contributed by atoms with van der Waals surface area (Å²) in [5.74, 6) is 0. The second-order valence-corrected chi connectivity index (χ2v) is 4.08. The number of hydrogen-bond acceptors (Lipinski definition) is 2. The van der Waals surface area contributed by atoms with Crippen LogP contribution in [0.2, 0.25) is 5.02 Å². The summed E-state index contributed by atoms with van der Waals surface area (Å²) >= 11 is 5.89. The molecule has 3 nitrogen and oxygen atoms in total. The molecule has 1 aromatic rings. The van der Waals surface area contributed by atoms with Crippen LogP contribution in [0.5, 0.6) is 0 Å². The third-order valence-corrected chi connectivity index (χ3v) is 2.78. The molecular formula is C11H12ClNO2. The van der Waals surface area contributed by atoms with Crippen molar-refractivity contribution in [2.24, 2.45) is 0 Å². The first-order valence-corrected chi connectivity index (χ1v) is 5.21. The fraction of sp³-hybridized carbons (Fsp3) is 0.364. The number of carbonyl (C=O) groups excluding carboxylic acids is 1. The van der Waals surface area contributed by atoms with Gasteiger partial charge in [-0.2, -0.15) is 0 Å². The van der Waals surface area contributed by atoms with Gasteiger partial charge in [0.25, 0.3) is 0 Å². The van der Waals surface area contributed by atoms with Crippen LogP contribution in [0.25, 0.3) is 0 Å². The van der Waals surface area contributed by atoms with Crippen LogP contribution >= 0.6 is 11.6 Å². The van der Waals surface area contributed by atoms with Crippen LogP contribution in [0, 0.1) is 0 Å². The molecule has 4 heteroatoms. The first kappa shape index (κ1) is 10.3. The lowest BCUT2D eigenvalue weighted by atomic mass is 10.1. The van der Waals surface area contributed by atoms with Crippen LogP contribution in [0.15, 0.2) is 24.3 Å². The maximum Gasteiger partial charge on any atom is 0.407 e. The number of rotatable bonds is 2. The quantitative estimate of drug-likeness (QED) is 0.841. The van der Waals surface area contributed by atoms with Crippen LogP contribution in [0.4, 0.5) is 4.79 Å². The predicted molar refractivity (Wildman–Crippen MR) is 57.9 cm³/mol. The van der Waals surface area contributed by atoms with Crippen LogP contribution in [-0.2, 0) is 10.3 Å². The highest BCUT2D eigenvalue weighted by Gasteiger charge is 2.48. The Kier molecular flexibility index (Phi) is 2.57. The summed E-state index contributed by atoms with van der Waals surface area (Å²) in [6, 6.07) is 7.45. The van der Waals surface area contributed by atoms with Crippen molar-refractivity contribution >= 4 is 17.7 Å². The molecule has 0 aromatic heterocycles. The molecule has 15 heavy (non-hydrogen) atoms. The van der Waals surface area contributed by atoms with E-state index in [1.165, 1.54) is 0 Å². The highest BCUT2D eigenvalue weighted by atomic mass is 35.5. The van der Waals surface area contributed by atoms with Gasteiger partial charge in [0.1, 0.15) is 5.60 Å². The number of hydrogen-bond donors (Lipinski definition) is 1. The van der Waals surface area contributed by atoms with E-state index in [0.29, 0.717) is 5.02 Å². The van der Waals surface area contributed by atoms with Crippen LogP contribution in [0.1, 0.15) is 18.4 Å². The second-order valence-electron chi connectivity index (χ2n) is 3.64. The zero-order chi connectivity index (χ0) is 10.9. The van der Waals surface area contributed by atoms with Crippen molar-refractivity contribution in [2.75, 3.05) is 7.05 Å². The molecule has 1 aromatic carbocycles. The molecule has 1 saturated carbocycles. The Morgan fingerprint density at radius 2 is 2.27 bits per heavy atom. The Bertz CT molecular complexity index is 388. The molecule has 0 radical (unpaired) electrons. The van der Waals surface area contributed by atoms with E-state index in [4.69, 9.17) is 16.3 Å². The minimum absolute atomic E-state index is 0.396. The smallest absolute Gasteiger partial charge is 0.407 e. The molecule has 0 spiro atoms. The van der Waals surface area contributed by atoms with E-state index in [-0.39, 0.29) is 0 Å². The van der Waals surface area contributed by atoms with E-state index < -0.39 is 11.7 Å². The first-order valence-electron chi connectivity index (χ1n) is 4.83. The molecular weight excluding hydrogens is 214 g/mol. The number of amides is 1. The number of alkyl carbamates (subject to hydrolysis) is 1. The molecule has 1 amide bonds. The maximum atomic E-state index is 11.2. The van der Waals surface area contributed by atoms with Gasteiger partial charge in [-0.25, -0.2) is 4.79 Å². The van der Waals surface area contributed by atoms with Gasteiger partial charge < -0.3 is 10.1 Å². The summed E-state index contributed by atoms with van der Waals surface area (Å²) < 4.78 is 5.33. The minimum Gasteiger partial charge on any atom is -0.438 e. The number of carbonyl (C=O) groups is 1. The van der Waals surface area contributed by atoms with Gasteiger partial charge >= 0.3 is 6.09 Å². The van der Waals surface area contributed by atoms with Gasteiger partial charge in [0.15, 0.2) is 0 Å². The van der Waals surface area contributed by atoms with Gasteiger partial charge in [-0.05, 0) is 30.5 Å². The van der Waals surface area contributed by atoms with E-state index in [9.17, 15) is 4.79 Å². The highest BCUT2D eigenvalue weighted by molar-refractivity contribution is 6.30. The van der Waals surface area contributed by atoms with Crippen molar-refractivity contribution in [2.45, 2.75) is 18.4 Å². The van der Waals surface area contributed by atoms with E-state index >= 15 is 0 Å². The zero-order valence-corrected chi connectivity index (χ0v) is 9.17. The van der Waals surface area contributed by atoms with E-state index in [1.807, 2.05) is 18.2 Å². The van der Waals surface area contributed by atoms with Crippen LogP contribution < -0.4 is 5.32 Å². The Morgan fingerprint density at radius 1 is 1.53 bits per heavy atom. The molecule has 0 atom stereocenters. The first-order chi connectivity index (χ1) is 7.16. The minimum atomic E-state index is -0.439. The Hall–Kier alpha value is -1.22.